The van der Waals surface area contributed by atoms with Crippen LogP contribution in [0.4, 0.5) is 5.69 Å². The largest absolute Gasteiger partial charge is 0.335 e. The van der Waals surface area contributed by atoms with Crippen molar-refractivity contribution in [1.82, 2.24) is 14.5 Å². The summed E-state index contributed by atoms with van der Waals surface area (Å²) in [4.78, 5) is 20.6. The molecular weight excluding hydrogens is 286 g/mol. The third-order valence-corrected chi connectivity index (χ3v) is 3.94. The molecule has 0 saturated heterocycles. The molecule has 2 heterocycles. The molecule has 108 valence electrons. The van der Waals surface area contributed by atoms with Gasteiger partial charge in [0, 0.05) is 25.0 Å². The Morgan fingerprint density at radius 2 is 2.33 bits per heavy atom. The normalized spacial score (nSPS) is 11.0. The van der Waals surface area contributed by atoms with Crippen LogP contribution in [0.25, 0.3) is 10.2 Å². The van der Waals surface area contributed by atoms with Gasteiger partial charge in [-0.2, -0.15) is 0 Å². The molecule has 0 aliphatic heterocycles. The van der Waals surface area contributed by atoms with Gasteiger partial charge in [-0.05, 0) is 25.1 Å². The SMILES string of the molecule is Cc1nc2ccc(NC(=O)c3cn(CCN)cn3)cc2s1. The second-order valence-corrected chi connectivity index (χ2v) is 5.89. The van der Waals surface area contributed by atoms with Gasteiger partial charge in [-0.25, -0.2) is 9.97 Å². The van der Waals surface area contributed by atoms with E-state index >= 15 is 0 Å². The van der Waals surface area contributed by atoms with Crippen LogP contribution in [0.5, 0.6) is 0 Å². The van der Waals surface area contributed by atoms with Crippen LogP contribution in [-0.4, -0.2) is 27.0 Å². The first-order chi connectivity index (χ1) is 10.2. The van der Waals surface area contributed by atoms with Crippen LogP contribution >= 0.6 is 11.3 Å². The maximum absolute atomic E-state index is 12.1. The molecule has 1 aromatic carbocycles. The van der Waals surface area contributed by atoms with Crippen LogP contribution in [0, 0.1) is 6.92 Å². The molecule has 0 unspecified atom stereocenters. The number of aromatic nitrogens is 3. The van der Waals surface area contributed by atoms with Crippen LogP contribution in [-0.2, 0) is 6.54 Å². The summed E-state index contributed by atoms with van der Waals surface area (Å²) in [5.41, 5.74) is 7.54. The van der Waals surface area contributed by atoms with Gasteiger partial charge in [0.25, 0.3) is 5.91 Å². The first-order valence-electron chi connectivity index (χ1n) is 6.56. The van der Waals surface area contributed by atoms with Gasteiger partial charge in [0.2, 0.25) is 0 Å². The number of fused-ring (bicyclic) bond motifs is 1. The van der Waals surface area contributed by atoms with Gasteiger partial charge in [0.15, 0.2) is 0 Å². The number of hydrogen-bond donors (Lipinski definition) is 2. The number of rotatable bonds is 4. The van der Waals surface area contributed by atoms with E-state index in [2.05, 4.69) is 15.3 Å². The van der Waals surface area contributed by atoms with E-state index in [1.165, 1.54) is 0 Å². The highest BCUT2D eigenvalue weighted by atomic mass is 32.1. The Balaban J connectivity index is 1.78. The van der Waals surface area contributed by atoms with Gasteiger partial charge in [-0.15, -0.1) is 11.3 Å². The van der Waals surface area contributed by atoms with Crippen LogP contribution in [0.3, 0.4) is 0 Å². The van der Waals surface area contributed by atoms with Crippen molar-refractivity contribution in [3.63, 3.8) is 0 Å². The first-order valence-corrected chi connectivity index (χ1v) is 7.38. The molecule has 0 atom stereocenters. The highest BCUT2D eigenvalue weighted by molar-refractivity contribution is 7.18. The number of imidazole rings is 1. The van der Waals surface area contributed by atoms with E-state index in [9.17, 15) is 4.79 Å². The second-order valence-electron chi connectivity index (χ2n) is 4.65. The van der Waals surface area contributed by atoms with Gasteiger partial charge in [-0.1, -0.05) is 0 Å². The van der Waals surface area contributed by atoms with E-state index in [-0.39, 0.29) is 5.91 Å². The van der Waals surface area contributed by atoms with Crippen molar-refractivity contribution in [1.29, 1.82) is 0 Å². The summed E-state index contributed by atoms with van der Waals surface area (Å²) in [5.74, 6) is -0.230. The molecular formula is C14H15N5OS. The van der Waals surface area contributed by atoms with Crippen molar-refractivity contribution < 1.29 is 4.79 Å². The molecule has 3 N–H and O–H groups in total. The molecule has 0 spiro atoms. The molecule has 0 aliphatic carbocycles. The molecule has 3 aromatic rings. The smallest absolute Gasteiger partial charge is 0.275 e. The molecule has 3 rings (SSSR count). The molecule has 0 bridgehead atoms. The lowest BCUT2D eigenvalue weighted by molar-refractivity contribution is 0.102. The van der Waals surface area contributed by atoms with Crippen molar-refractivity contribution >= 4 is 33.1 Å². The standard InChI is InChI=1S/C14H15N5OS/c1-9-17-11-3-2-10(6-13(11)21-9)18-14(20)12-7-19(5-4-15)8-16-12/h2-3,6-8H,4-5,15H2,1H3,(H,18,20). The van der Waals surface area contributed by atoms with Gasteiger partial charge in [0.05, 0.1) is 21.6 Å². The zero-order valence-electron chi connectivity index (χ0n) is 11.5. The lowest BCUT2D eigenvalue weighted by Gasteiger charge is -2.02. The highest BCUT2D eigenvalue weighted by Gasteiger charge is 2.10. The number of anilines is 1. The van der Waals surface area contributed by atoms with Gasteiger partial charge < -0.3 is 15.6 Å². The summed E-state index contributed by atoms with van der Waals surface area (Å²) >= 11 is 1.60. The van der Waals surface area contributed by atoms with Gasteiger partial charge in [0.1, 0.15) is 5.69 Å². The van der Waals surface area contributed by atoms with Crippen molar-refractivity contribution in [2.45, 2.75) is 13.5 Å². The Labute approximate surface area is 125 Å². The van der Waals surface area contributed by atoms with Crippen LogP contribution in [0.15, 0.2) is 30.7 Å². The molecule has 0 fully saturated rings. The van der Waals surface area contributed by atoms with E-state index in [1.54, 1.807) is 28.4 Å². The minimum absolute atomic E-state index is 0.230. The molecule has 7 heteroatoms. The molecule has 0 radical (unpaired) electrons. The summed E-state index contributed by atoms with van der Waals surface area (Å²) in [7, 11) is 0. The number of aryl methyl sites for hydroxylation is 1. The van der Waals surface area contributed by atoms with E-state index in [1.807, 2.05) is 25.1 Å². The number of carbonyl (C=O) groups excluding carboxylic acids is 1. The lowest BCUT2D eigenvalue weighted by Crippen LogP contribution is -2.12. The zero-order valence-corrected chi connectivity index (χ0v) is 12.4. The number of nitrogens with zero attached hydrogens (tertiary/aromatic N) is 3. The van der Waals surface area contributed by atoms with Crippen molar-refractivity contribution in [3.05, 3.63) is 41.4 Å². The molecule has 0 saturated carbocycles. The minimum Gasteiger partial charge on any atom is -0.335 e. The number of benzene rings is 1. The Bertz CT molecular complexity index is 792. The second kappa shape index (κ2) is 5.63. The topological polar surface area (TPSA) is 85.8 Å². The van der Waals surface area contributed by atoms with Crippen LogP contribution < -0.4 is 11.1 Å². The van der Waals surface area contributed by atoms with E-state index in [4.69, 9.17) is 5.73 Å². The lowest BCUT2D eigenvalue weighted by atomic mass is 10.3. The van der Waals surface area contributed by atoms with Crippen LogP contribution in [0.1, 0.15) is 15.5 Å². The van der Waals surface area contributed by atoms with E-state index in [0.29, 0.717) is 18.8 Å². The zero-order chi connectivity index (χ0) is 14.8. The summed E-state index contributed by atoms with van der Waals surface area (Å²) in [5, 5.41) is 3.86. The fraction of sp³-hybridized carbons (Fsp3) is 0.214. The molecule has 0 aliphatic rings. The Hall–Kier alpha value is -2.25. The maximum atomic E-state index is 12.1. The molecule has 21 heavy (non-hydrogen) atoms. The minimum atomic E-state index is -0.230. The van der Waals surface area contributed by atoms with Crippen molar-refractivity contribution in [2.75, 3.05) is 11.9 Å². The number of thiazole rings is 1. The predicted molar refractivity (Wildman–Crippen MR) is 83.6 cm³/mol. The number of nitrogens with one attached hydrogen (secondary N) is 1. The number of nitrogens with two attached hydrogens (primary N) is 1. The average molecular weight is 301 g/mol. The Morgan fingerprint density at radius 3 is 3.14 bits per heavy atom. The van der Waals surface area contributed by atoms with Gasteiger partial charge >= 0.3 is 0 Å². The summed E-state index contributed by atoms with van der Waals surface area (Å²) in [6.45, 7) is 3.12. The monoisotopic (exact) mass is 301 g/mol. The fourth-order valence-corrected chi connectivity index (χ4v) is 2.93. The maximum Gasteiger partial charge on any atom is 0.275 e. The summed E-state index contributed by atoms with van der Waals surface area (Å²) in [6.07, 6.45) is 3.30. The number of carbonyl (C=O) groups is 1. The molecule has 1 amide bonds. The average Bonchev–Trinajstić information content (AvgIpc) is 3.04. The highest BCUT2D eigenvalue weighted by Crippen LogP contribution is 2.24. The summed E-state index contributed by atoms with van der Waals surface area (Å²) < 4.78 is 2.85. The van der Waals surface area contributed by atoms with Crippen LogP contribution in [0.2, 0.25) is 0 Å². The van der Waals surface area contributed by atoms with Gasteiger partial charge in [-0.3, -0.25) is 4.79 Å². The van der Waals surface area contributed by atoms with Crippen molar-refractivity contribution in [3.8, 4) is 0 Å². The first kappa shape index (κ1) is 13.7. The van der Waals surface area contributed by atoms with E-state index in [0.717, 1.165) is 20.9 Å². The number of hydrogen-bond acceptors (Lipinski definition) is 5. The fourth-order valence-electron chi connectivity index (χ4n) is 2.06. The Morgan fingerprint density at radius 1 is 1.48 bits per heavy atom. The number of amides is 1. The third-order valence-electron chi connectivity index (χ3n) is 3.01. The quantitative estimate of drug-likeness (QED) is 0.772. The Kier molecular flexibility index (Phi) is 3.68. The molecule has 2 aromatic heterocycles. The molecule has 6 nitrogen and oxygen atoms in total. The summed E-state index contributed by atoms with van der Waals surface area (Å²) in [6, 6.07) is 5.67. The van der Waals surface area contributed by atoms with Crippen molar-refractivity contribution in [2.24, 2.45) is 5.73 Å². The van der Waals surface area contributed by atoms with E-state index < -0.39 is 0 Å². The third kappa shape index (κ3) is 2.93. The predicted octanol–water partition coefficient (Wildman–Crippen LogP) is 2.01.